The van der Waals surface area contributed by atoms with Crippen molar-refractivity contribution in [2.75, 3.05) is 0 Å². The number of aryl methyl sites for hydroxylation is 1. The highest BCUT2D eigenvalue weighted by Crippen LogP contribution is 2.71. The van der Waals surface area contributed by atoms with Crippen LogP contribution in [-0.2, 0) is 15.9 Å². The van der Waals surface area contributed by atoms with Crippen molar-refractivity contribution in [1.82, 2.24) is 0 Å². The molecule has 0 unspecified atom stereocenters. The Kier molecular flexibility index (Phi) is 5.64. The molecule has 0 radical (unpaired) electrons. The van der Waals surface area contributed by atoms with Crippen LogP contribution in [0.2, 0.25) is 0 Å². The second-order valence-electron chi connectivity index (χ2n) is 9.93. The Bertz CT molecular complexity index is 735. The van der Waals surface area contributed by atoms with Crippen molar-refractivity contribution in [3.63, 3.8) is 0 Å². The standard InChI is InChI=1S/C24H35NO2S/c1-5-6-7-8-9-16-10-11-20(28-16)19(15-25)26-21-14-17-18-12-13-24(4,22(17)27-21)23(18,2)3/h10-11,17-19,21-22H,5-9,12-14H2,1-4H3/t17-,18-,19-,21-,22-,24+/m1/s1. The number of unbranched alkanes of at least 4 members (excludes halogenated alkanes) is 3. The van der Waals surface area contributed by atoms with Crippen molar-refractivity contribution in [3.05, 3.63) is 21.9 Å². The highest BCUT2D eigenvalue weighted by atomic mass is 32.1. The third kappa shape index (κ3) is 3.24. The van der Waals surface area contributed by atoms with Gasteiger partial charge in [-0.25, -0.2) is 0 Å². The molecule has 2 aliphatic carbocycles. The summed E-state index contributed by atoms with van der Waals surface area (Å²) in [5.74, 6) is 1.32. The molecular weight excluding hydrogens is 366 g/mol. The van der Waals surface area contributed by atoms with Gasteiger partial charge in [-0.15, -0.1) is 11.3 Å². The van der Waals surface area contributed by atoms with Crippen LogP contribution in [0.15, 0.2) is 12.1 Å². The molecule has 0 N–H and O–H groups in total. The van der Waals surface area contributed by atoms with Gasteiger partial charge in [0.05, 0.1) is 6.10 Å². The second-order valence-corrected chi connectivity index (χ2v) is 11.1. The van der Waals surface area contributed by atoms with Crippen molar-refractivity contribution in [1.29, 1.82) is 5.26 Å². The summed E-state index contributed by atoms with van der Waals surface area (Å²) in [5.41, 5.74) is 0.597. The summed E-state index contributed by atoms with van der Waals surface area (Å²) in [6, 6.07) is 6.63. The number of ether oxygens (including phenoxy) is 2. The largest absolute Gasteiger partial charge is 0.348 e. The van der Waals surface area contributed by atoms with Crippen molar-refractivity contribution in [3.8, 4) is 6.07 Å². The van der Waals surface area contributed by atoms with Gasteiger partial charge in [0.15, 0.2) is 12.4 Å². The average molecular weight is 402 g/mol. The fourth-order valence-corrected chi connectivity index (χ4v) is 7.32. The molecule has 2 bridgehead atoms. The third-order valence-electron chi connectivity index (χ3n) is 8.29. The summed E-state index contributed by atoms with van der Waals surface area (Å²) < 4.78 is 12.6. The molecule has 1 saturated heterocycles. The topological polar surface area (TPSA) is 42.2 Å². The zero-order chi connectivity index (χ0) is 19.9. The van der Waals surface area contributed by atoms with Crippen LogP contribution >= 0.6 is 11.3 Å². The Morgan fingerprint density at radius 1 is 1.29 bits per heavy atom. The van der Waals surface area contributed by atoms with Crippen LogP contribution in [0.4, 0.5) is 0 Å². The van der Waals surface area contributed by atoms with E-state index in [1.807, 2.05) is 0 Å². The molecule has 2 heterocycles. The Labute approximate surface area is 174 Å². The summed E-state index contributed by atoms with van der Waals surface area (Å²) in [7, 11) is 0. The molecule has 1 aromatic heterocycles. The van der Waals surface area contributed by atoms with Crippen LogP contribution in [0.25, 0.3) is 0 Å². The molecule has 3 fully saturated rings. The van der Waals surface area contributed by atoms with E-state index < -0.39 is 6.10 Å². The van der Waals surface area contributed by atoms with Gasteiger partial charge in [0.2, 0.25) is 0 Å². The lowest BCUT2D eigenvalue weighted by Crippen LogP contribution is -2.38. The lowest BCUT2D eigenvalue weighted by Gasteiger charge is -2.38. The maximum Gasteiger partial charge on any atom is 0.181 e. The summed E-state index contributed by atoms with van der Waals surface area (Å²) in [4.78, 5) is 2.40. The molecule has 0 spiro atoms. The molecule has 4 rings (SSSR count). The zero-order valence-electron chi connectivity index (χ0n) is 17.9. The minimum Gasteiger partial charge on any atom is -0.348 e. The molecule has 4 heteroatoms. The minimum atomic E-state index is -0.503. The molecule has 0 aromatic carbocycles. The summed E-state index contributed by atoms with van der Waals surface area (Å²) in [6.45, 7) is 9.50. The van der Waals surface area contributed by atoms with Crippen LogP contribution in [0.3, 0.4) is 0 Å². The molecule has 1 aliphatic heterocycles. The van der Waals surface area contributed by atoms with E-state index in [0.29, 0.717) is 17.4 Å². The van der Waals surface area contributed by atoms with Crippen LogP contribution in [0.1, 0.15) is 88.5 Å². The van der Waals surface area contributed by atoms with Crippen molar-refractivity contribution >= 4 is 11.3 Å². The van der Waals surface area contributed by atoms with Crippen molar-refractivity contribution in [2.45, 2.75) is 97.6 Å². The number of nitriles is 1. The van der Waals surface area contributed by atoms with Gasteiger partial charge in [-0.1, -0.05) is 47.0 Å². The summed E-state index contributed by atoms with van der Waals surface area (Å²) in [5, 5.41) is 9.72. The number of hydrogen-bond donors (Lipinski definition) is 0. The number of thiophene rings is 1. The maximum atomic E-state index is 9.72. The van der Waals surface area contributed by atoms with Gasteiger partial charge in [0.1, 0.15) is 6.07 Å². The van der Waals surface area contributed by atoms with Gasteiger partial charge in [0, 0.05) is 16.2 Å². The number of nitrogens with zero attached hydrogens (tertiary/aromatic N) is 1. The fourth-order valence-electron chi connectivity index (χ4n) is 6.28. The van der Waals surface area contributed by atoms with E-state index in [-0.39, 0.29) is 11.7 Å². The van der Waals surface area contributed by atoms with Gasteiger partial charge in [0.25, 0.3) is 0 Å². The SMILES string of the molecule is CCCCCCc1ccc([C@@H](C#N)O[C@H]2C[C@@H]3[C@H]4CC[C@@](C)([C@@H]3O2)C4(C)C)s1. The van der Waals surface area contributed by atoms with Crippen LogP contribution < -0.4 is 0 Å². The molecule has 6 atom stereocenters. The molecule has 28 heavy (non-hydrogen) atoms. The van der Waals surface area contributed by atoms with Gasteiger partial charge < -0.3 is 9.47 Å². The molecule has 2 saturated carbocycles. The second kappa shape index (κ2) is 7.74. The highest BCUT2D eigenvalue weighted by molar-refractivity contribution is 7.12. The van der Waals surface area contributed by atoms with Crippen LogP contribution in [0, 0.1) is 34.0 Å². The van der Waals surface area contributed by atoms with E-state index in [4.69, 9.17) is 9.47 Å². The molecule has 154 valence electrons. The number of rotatable bonds is 8. The first kappa shape index (κ1) is 20.4. The summed E-state index contributed by atoms with van der Waals surface area (Å²) >= 11 is 1.74. The first-order valence-corrected chi connectivity index (χ1v) is 12.0. The highest BCUT2D eigenvalue weighted by Gasteiger charge is 2.69. The minimum absolute atomic E-state index is 0.231. The predicted octanol–water partition coefficient (Wildman–Crippen LogP) is 6.64. The molecule has 3 aliphatic rings. The van der Waals surface area contributed by atoms with Gasteiger partial charge in [-0.05, 0) is 60.5 Å². The van der Waals surface area contributed by atoms with Crippen LogP contribution in [0.5, 0.6) is 0 Å². The van der Waals surface area contributed by atoms with Crippen molar-refractivity contribution in [2.24, 2.45) is 22.7 Å². The van der Waals surface area contributed by atoms with Gasteiger partial charge in [-0.3, -0.25) is 0 Å². The fraction of sp³-hybridized carbons (Fsp3) is 0.792. The van der Waals surface area contributed by atoms with Crippen molar-refractivity contribution < 1.29 is 9.47 Å². The summed E-state index contributed by atoms with van der Waals surface area (Å²) in [6.07, 6.45) is 9.28. The van der Waals surface area contributed by atoms with E-state index in [1.165, 1.54) is 43.4 Å². The van der Waals surface area contributed by atoms with Crippen LogP contribution in [-0.4, -0.2) is 12.4 Å². The Hall–Kier alpha value is -0.890. The molecule has 1 aromatic rings. The smallest absolute Gasteiger partial charge is 0.181 e. The Morgan fingerprint density at radius 2 is 2.11 bits per heavy atom. The van der Waals surface area contributed by atoms with E-state index in [2.05, 4.69) is 45.9 Å². The van der Waals surface area contributed by atoms with Gasteiger partial charge >= 0.3 is 0 Å². The molecule has 0 amide bonds. The Balaban J connectivity index is 1.36. The lowest BCUT2D eigenvalue weighted by atomic mass is 9.70. The normalized spacial score (nSPS) is 36.4. The molecule has 3 nitrogen and oxygen atoms in total. The quantitative estimate of drug-likeness (QED) is 0.459. The van der Waals surface area contributed by atoms with Gasteiger partial charge in [-0.2, -0.15) is 5.26 Å². The van der Waals surface area contributed by atoms with E-state index >= 15 is 0 Å². The third-order valence-corrected chi connectivity index (χ3v) is 9.48. The predicted molar refractivity (Wildman–Crippen MR) is 113 cm³/mol. The van der Waals surface area contributed by atoms with E-state index in [9.17, 15) is 5.26 Å². The zero-order valence-corrected chi connectivity index (χ0v) is 18.7. The van der Waals surface area contributed by atoms with E-state index in [0.717, 1.165) is 23.6 Å². The maximum absolute atomic E-state index is 9.72. The number of hydrogen-bond acceptors (Lipinski definition) is 4. The monoisotopic (exact) mass is 401 g/mol. The first-order chi connectivity index (χ1) is 13.4. The first-order valence-electron chi connectivity index (χ1n) is 11.2. The van der Waals surface area contributed by atoms with E-state index in [1.54, 1.807) is 11.3 Å². The Morgan fingerprint density at radius 3 is 2.82 bits per heavy atom. The lowest BCUT2D eigenvalue weighted by molar-refractivity contribution is -0.177. The average Bonchev–Trinajstić information content (AvgIpc) is 3.38. The number of fused-ring (bicyclic) bond motifs is 5. The molecular formula is C24H35NO2S.